The highest BCUT2D eigenvalue weighted by Gasteiger charge is 2.18. The summed E-state index contributed by atoms with van der Waals surface area (Å²) < 4.78 is 2.44. The lowest BCUT2D eigenvalue weighted by Gasteiger charge is -2.22. The molecule has 102 valence electrons. The lowest BCUT2D eigenvalue weighted by molar-refractivity contribution is 0.314. The van der Waals surface area contributed by atoms with Crippen LogP contribution in [0.15, 0.2) is 24.4 Å². The fourth-order valence-electron chi connectivity index (χ4n) is 3.15. The van der Waals surface area contributed by atoms with E-state index < -0.39 is 0 Å². The van der Waals surface area contributed by atoms with Crippen molar-refractivity contribution >= 4 is 10.9 Å². The minimum atomic E-state index is 1.08. The van der Waals surface area contributed by atoms with Gasteiger partial charge in [0.1, 0.15) is 0 Å². The average Bonchev–Trinajstić information content (AvgIpc) is 2.69. The smallest absolute Gasteiger partial charge is 0.0486 e. The summed E-state index contributed by atoms with van der Waals surface area (Å²) in [6.45, 7) is 4.41. The second-order valence-corrected chi connectivity index (χ2v) is 5.99. The highest BCUT2D eigenvalue weighted by molar-refractivity contribution is 5.88. The number of nitrogens with zero attached hydrogens (tertiary/aromatic N) is 3. The van der Waals surface area contributed by atoms with Gasteiger partial charge >= 0.3 is 0 Å². The number of benzene rings is 1. The first kappa shape index (κ1) is 12.7. The van der Waals surface area contributed by atoms with E-state index in [1.165, 1.54) is 28.5 Å². The Hall–Kier alpha value is -1.32. The second kappa shape index (κ2) is 4.99. The molecular formula is C16H23N3. The van der Waals surface area contributed by atoms with Crippen LogP contribution in [-0.4, -0.2) is 42.1 Å². The first-order valence-electron chi connectivity index (χ1n) is 7.08. The third-order valence-electron chi connectivity index (χ3n) is 3.96. The number of rotatable bonds is 4. The summed E-state index contributed by atoms with van der Waals surface area (Å²) in [4.78, 5) is 4.64. The standard InChI is InChI=1S/C16H23N3/c1-17(2)8-5-9-19-12-14-11-18(3)10-13-6-4-7-15(19)16(13)14/h4,6-7,12H,5,8-11H2,1-3H3. The van der Waals surface area contributed by atoms with E-state index in [-0.39, 0.29) is 0 Å². The first-order chi connectivity index (χ1) is 9.15. The third kappa shape index (κ3) is 2.40. The summed E-state index contributed by atoms with van der Waals surface area (Å²) in [6, 6.07) is 6.73. The molecule has 1 aromatic heterocycles. The summed E-state index contributed by atoms with van der Waals surface area (Å²) in [5.41, 5.74) is 4.39. The third-order valence-corrected chi connectivity index (χ3v) is 3.96. The largest absolute Gasteiger partial charge is 0.347 e. The lowest BCUT2D eigenvalue weighted by atomic mass is 10.0. The molecule has 0 atom stereocenters. The number of aryl methyl sites for hydroxylation is 1. The molecule has 0 fully saturated rings. The zero-order chi connectivity index (χ0) is 13.4. The van der Waals surface area contributed by atoms with Crippen LogP contribution in [0, 0.1) is 0 Å². The van der Waals surface area contributed by atoms with Crippen LogP contribution >= 0.6 is 0 Å². The van der Waals surface area contributed by atoms with E-state index in [9.17, 15) is 0 Å². The van der Waals surface area contributed by atoms with E-state index in [4.69, 9.17) is 0 Å². The van der Waals surface area contributed by atoms with Crippen LogP contribution in [0.3, 0.4) is 0 Å². The van der Waals surface area contributed by atoms with Gasteiger partial charge in [0.25, 0.3) is 0 Å². The average molecular weight is 257 g/mol. The van der Waals surface area contributed by atoms with Gasteiger partial charge in [-0.25, -0.2) is 0 Å². The van der Waals surface area contributed by atoms with Crippen LogP contribution in [-0.2, 0) is 19.6 Å². The predicted octanol–water partition coefficient (Wildman–Crippen LogP) is 2.54. The van der Waals surface area contributed by atoms with Gasteiger partial charge in [0.2, 0.25) is 0 Å². The molecular weight excluding hydrogens is 234 g/mol. The van der Waals surface area contributed by atoms with Gasteiger partial charge in [0, 0.05) is 36.7 Å². The van der Waals surface area contributed by atoms with Gasteiger partial charge in [-0.15, -0.1) is 0 Å². The van der Waals surface area contributed by atoms with Crippen molar-refractivity contribution in [2.75, 3.05) is 27.7 Å². The molecule has 0 saturated heterocycles. The highest BCUT2D eigenvalue weighted by Crippen LogP contribution is 2.30. The molecule has 0 spiro atoms. The summed E-state index contributed by atoms with van der Waals surface area (Å²) in [5.74, 6) is 0. The number of aromatic nitrogens is 1. The Kier molecular flexibility index (Phi) is 3.33. The highest BCUT2D eigenvalue weighted by atomic mass is 15.1. The van der Waals surface area contributed by atoms with E-state index in [2.05, 4.69) is 59.9 Å². The Morgan fingerprint density at radius 3 is 2.74 bits per heavy atom. The Balaban J connectivity index is 1.93. The maximum Gasteiger partial charge on any atom is 0.0486 e. The van der Waals surface area contributed by atoms with Crippen LogP contribution in [0.2, 0.25) is 0 Å². The quantitative estimate of drug-likeness (QED) is 0.834. The first-order valence-corrected chi connectivity index (χ1v) is 7.08. The topological polar surface area (TPSA) is 11.4 Å². The summed E-state index contributed by atoms with van der Waals surface area (Å²) in [5, 5.41) is 1.51. The molecule has 0 bridgehead atoms. The Bertz CT molecular complexity index is 583. The Morgan fingerprint density at radius 2 is 1.95 bits per heavy atom. The van der Waals surface area contributed by atoms with Crippen LogP contribution in [0.5, 0.6) is 0 Å². The van der Waals surface area contributed by atoms with Gasteiger partial charge in [-0.1, -0.05) is 12.1 Å². The van der Waals surface area contributed by atoms with Crippen molar-refractivity contribution in [1.82, 2.24) is 14.4 Å². The zero-order valence-electron chi connectivity index (χ0n) is 12.2. The Labute approximate surface area is 115 Å². The van der Waals surface area contributed by atoms with E-state index in [1.807, 2.05) is 0 Å². The summed E-state index contributed by atoms with van der Waals surface area (Å²) in [6.07, 6.45) is 3.57. The van der Waals surface area contributed by atoms with Gasteiger partial charge in [0.05, 0.1) is 0 Å². The minimum Gasteiger partial charge on any atom is -0.347 e. The van der Waals surface area contributed by atoms with Gasteiger partial charge in [0.15, 0.2) is 0 Å². The molecule has 2 aromatic rings. The fraction of sp³-hybridized carbons (Fsp3) is 0.500. The zero-order valence-corrected chi connectivity index (χ0v) is 12.2. The van der Waals surface area contributed by atoms with Crippen LogP contribution in [0.1, 0.15) is 17.5 Å². The fourth-order valence-corrected chi connectivity index (χ4v) is 3.15. The molecule has 19 heavy (non-hydrogen) atoms. The van der Waals surface area contributed by atoms with Crippen molar-refractivity contribution in [3.8, 4) is 0 Å². The van der Waals surface area contributed by atoms with E-state index in [0.717, 1.165) is 26.2 Å². The van der Waals surface area contributed by atoms with Crippen LogP contribution in [0.25, 0.3) is 10.9 Å². The molecule has 3 heteroatoms. The molecule has 0 saturated carbocycles. The lowest BCUT2D eigenvalue weighted by Crippen LogP contribution is -2.20. The summed E-state index contributed by atoms with van der Waals surface area (Å²) in [7, 11) is 6.48. The molecule has 1 aliphatic rings. The van der Waals surface area contributed by atoms with Crippen molar-refractivity contribution in [3.63, 3.8) is 0 Å². The molecule has 0 unspecified atom stereocenters. The molecule has 1 aromatic carbocycles. The van der Waals surface area contributed by atoms with Crippen molar-refractivity contribution in [2.24, 2.45) is 0 Å². The molecule has 0 radical (unpaired) electrons. The minimum absolute atomic E-state index is 1.08. The Morgan fingerprint density at radius 1 is 1.16 bits per heavy atom. The van der Waals surface area contributed by atoms with E-state index >= 15 is 0 Å². The van der Waals surface area contributed by atoms with Gasteiger partial charge in [-0.3, -0.25) is 4.90 Å². The SMILES string of the molecule is CN(C)CCCn1cc2c3c(cccc31)CN(C)C2. The normalized spacial score (nSPS) is 15.6. The molecule has 0 N–H and O–H groups in total. The van der Waals surface area contributed by atoms with E-state index in [1.54, 1.807) is 0 Å². The summed E-state index contributed by atoms with van der Waals surface area (Å²) >= 11 is 0. The molecule has 3 nitrogen and oxygen atoms in total. The van der Waals surface area contributed by atoms with Crippen molar-refractivity contribution in [3.05, 3.63) is 35.5 Å². The number of hydrogen-bond acceptors (Lipinski definition) is 2. The van der Waals surface area contributed by atoms with Crippen molar-refractivity contribution < 1.29 is 0 Å². The van der Waals surface area contributed by atoms with Crippen LogP contribution < -0.4 is 0 Å². The molecule has 3 rings (SSSR count). The van der Waals surface area contributed by atoms with Gasteiger partial charge < -0.3 is 9.47 Å². The maximum atomic E-state index is 2.44. The maximum absolute atomic E-state index is 2.44. The van der Waals surface area contributed by atoms with Crippen molar-refractivity contribution in [2.45, 2.75) is 26.1 Å². The monoisotopic (exact) mass is 257 g/mol. The molecule has 0 amide bonds. The number of hydrogen-bond donors (Lipinski definition) is 0. The molecule has 0 aliphatic carbocycles. The second-order valence-electron chi connectivity index (χ2n) is 5.99. The molecule has 2 heterocycles. The van der Waals surface area contributed by atoms with Gasteiger partial charge in [-0.2, -0.15) is 0 Å². The van der Waals surface area contributed by atoms with Crippen LogP contribution in [0.4, 0.5) is 0 Å². The predicted molar refractivity (Wildman–Crippen MR) is 80.3 cm³/mol. The van der Waals surface area contributed by atoms with E-state index in [0.29, 0.717) is 0 Å². The molecule has 1 aliphatic heterocycles. The van der Waals surface area contributed by atoms with Gasteiger partial charge in [-0.05, 0) is 51.3 Å². The van der Waals surface area contributed by atoms with Crippen molar-refractivity contribution in [1.29, 1.82) is 0 Å².